The number of aldehydes is 1. The van der Waals surface area contributed by atoms with E-state index < -0.39 is 5.95 Å². The Morgan fingerprint density at radius 1 is 1.45 bits per heavy atom. The van der Waals surface area contributed by atoms with Crippen LogP contribution in [0.25, 0.3) is 6.08 Å². The number of allylic oxidation sites excluding steroid dienone is 1. The summed E-state index contributed by atoms with van der Waals surface area (Å²) in [5.41, 5.74) is 0.707. The van der Waals surface area contributed by atoms with E-state index in [2.05, 4.69) is 4.98 Å². The van der Waals surface area contributed by atoms with Gasteiger partial charge in [0, 0.05) is 6.20 Å². The highest BCUT2D eigenvalue weighted by Crippen LogP contribution is 1.99. The van der Waals surface area contributed by atoms with Crippen LogP contribution in [-0.2, 0) is 4.79 Å². The number of pyridine rings is 1. The van der Waals surface area contributed by atoms with Crippen LogP contribution in [0, 0.1) is 5.95 Å². The minimum atomic E-state index is -0.520. The van der Waals surface area contributed by atoms with Crippen molar-refractivity contribution < 1.29 is 9.18 Å². The third-order valence-corrected chi connectivity index (χ3v) is 1.12. The smallest absolute Gasteiger partial charge is 0.212 e. The van der Waals surface area contributed by atoms with E-state index >= 15 is 0 Å². The first-order chi connectivity index (χ1) is 5.33. The highest BCUT2D eigenvalue weighted by molar-refractivity contribution is 5.73. The fourth-order valence-electron chi connectivity index (χ4n) is 0.636. The Bertz CT molecular complexity index is 266. The van der Waals surface area contributed by atoms with Crippen LogP contribution < -0.4 is 0 Å². The molecule has 0 unspecified atom stereocenters. The molecule has 0 saturated carbocycles. The Morgan fingerprint density at radius 2 is 2.27 bits per heavy atom. The van der Waals surface area contributed by atoms with Crippen molar-refractivity contribution >= 4 is 12.4 Å². The van der Waals surface area contributed by atoms with Gasteiger partial charge in [0.05, 0.1) is 0 Å². The standard InChI is InChI=1S/C8H6FNO/c9-8-4-3-7(6-10-8)2-1-5-11/h1-6H/b2-1+. The first kappa shape index (κ1) is 7.60. The SMILES string of the molecule is O=C/C=C/c1ccc(F)nc1. The van der Waals surface area contributed by atoms with Crippen LogP contribution in [0.5, 0.6) is 0 Å². The molecule has 0 spiro atoms. The second kappa shape index (κ2) is 3.61. The summed E-state index contributed by atoms with van der Waals surface area (Å²) in [4.78, 5) is 13.3. The topological polar surface area (TPSA) is 30.0 Å². The van der Waals surface area contributed by atoms with Crippen molar-refractivity contribution in [1.29, 1.82) is 0 Å². The van der Waals surface area contributed by atoms with Crippen LogP contribution in [0.4, 0.5) is 4.39 Å². The van der Waals surface area contributed by atoms with Gasteiger partial charge in [-0.05, 0) is 23.8 Å². The van der Waals surface area contributed by atoms with Gasteiger partial charge < -0.3 is 0 Å². The van der Waals surface area contributed by atoms with Crippen molar-refractivity contribution in [2.75, 3.05) is 0 Å². The van der Waals surface area contributed by atoms with Gasteiger partial charge in [-0.25, -0.2) is 4.98 Å². The summed E-state index contributed by atoms with van der Waals surface area (Å²) in [7, 11) is 0. The van der Waals surface area contributed by atoms with Gasteiger partial charge in [-0.2, -0.15) is 4.39 Å². The molecule has 0 N–H and O–H groups in total. The number of rotatable bonds is 2. The molecule has 1 aromatic rings. The Labute approximate surface area is 63.4 Å². The Hall–Kier alpha value is -1.51. The molecule has 11 heavy (non-hydrogen) atoms. The number of aromatic nitrogens is 1. The lowest BCUT2D eigenvalue weighted by molar-refractivity contribution is -0.104. The van der Waals surface area contributed by atoms with Crippen LogP contribution in [0.3, 0.4) is 0 Å². The minimum Gasteiger partial charge on any atom is -0.299 e. The summed E-state index contributed by atoms with van der Waals surface area (Å²) in [6.45, 7) is 0. The maximum absolute atomic E-state index is 12.2. The lowest BCUT2D eigenvalue weighted by atomic mass is 10.3. The fourth-order valence-corrected chi connectivity index (χ4v) is 0.636. The molecule has 1 heterocycles. The molecule has 0 fully saturated rings. The Balaban J connectivity index is 2.81. The molecule has 3 heteroatoms. The molecule has 0 aromatic carbocycles. The van der Waals surface area contributed by atoms with E-state index in [1.54, 1.807) is 12.1 Å². The summed E-state index contributed by atoms with van der Waals surface area (Å²) in [6, 6.07) is 2.78. The fraction of sp³-hybridized carbons (Fsp3) is 0. The van der Waals surface area contributed by atoms with Crippen LogP contribution in [0.2, 0.25) is 0 Å². The highest BCUT2D eigenvalue weighted by Gasteiger charge is 1.88. The number of halogens is 1. The third kappa shape index (κ3) is 2.29. The summed E-state index contributed by atoms with van der Waals surface area (Å²) in [5, 5.41) is 0. The lowest BCUT2D eigenvalue weighted by Gasteiger charge is -1.89. The molecule has 0 atom stereocenters. The van der Waals surface area contributed by atoms with Crippen LogP contribution in [0.1, 0.15) is 5.56 Å². The average molecular weight is 151 g/mol. The van der Waals surface area contributed by atoms with Gasteiger partial charge in [0.2, 0.25) is 5.95 Å². The van der Waals surface area contributed by atoms with Crippen molar-refractivity contribution in [3.8, 4) is 0 Å². The van der Waals surface area contributed by atoms with E-state index in [0.717, 1.165) is 0 Å². The molecule has 0 amide bonds. The highest BCUT2D eigenvalue weighted by atomic mass is 19.1. The maximum atomic E-state index is 12.2. The molecular formula is C8H6FNO. The molecule has 0 aliphatic carbocycles. The molecule has 1 aromatic heterocycles. The Morgan fingerprint density at radius 3 is 2.82 bits per heavy atom. The van der Waals surface area contributed by atoms with Crippen molar-refractivity contribution in [3.63, 3.8) is 0 Å². The number of hydrogen-bond acceptors (Lipinski definition) is 2. The molecule has 0 aliphatic rings. The molecule has 1 rings (SSSR count). The van der Waals surface area contributed by atoms with Crippen molar-refractivity contribution in [1.82, 2.24) is 4.98 Å². The van der Waals surface area contributed by atoms with E-state index in [1.165, 1.54) is 18.3 Å². The average Bonchev–Trinajstić information content (AvgIpc) is 2.04. The normalized spacial score (nSPS) is 10.3. The van der Waals surface area contributed by atoms with E-state index in [4.69, 9.17) is 0 Å². The molecular weight excluding hydrogens is 145 g/mol. The van der Waals surface area contributed by atoms with Gasteiger partial charge in [0.15, 0.2) is 0 Å². The van der Waals surface area contributed by atoms with Gasteiger partial charge >= 0.3 is 0 Å². The van der Waals surface area contributed by atoms with Crippen LogP contribution in [0.15, 0.2) is 24.4 Å². The summed E-state index contributed by atoms with van der Waals surface area (Å²) in [5.74, 6) is -0.520. The zero-order valence-corrected chi connectivity index (χ0v) is 5.70. The number of carbonyl (C=O) groups is 1. The summed E-state index contributed by atoms with van der Waals surface area (Å²) in [6.07, 6.45) is 4.90. The number of hydrogen-bond donors (Lipinski definition) is 0. The van der Waals surface area contributed by atoms with Gasteiger partial charge in [0.25, 0.3) is 0 Å². The van der Waals surface area contributed by atoms with E-state index in [1.807, 2.05) is 0 Å². The molecule has 0 radical (unpaired) electrons. The third-order valence-electron chi connectivity index (χ3n) is 1.12. The maximum Gasteiger partial charge on any atom is 0.212 e. The molecule has 2 nitrogen and oxygen atoms in total. The lowest BCUT2D eigenvalue weighted by Crippen LogP contribution is -1.80. The van der Waals surface area contributed by atoms with Crippen molar-refractivity contribution in [2.24, 2.45) is 0 Å². The summed E-state index contributed by atoms with van der Waals surface area (Å²) >= 11 is 0. The van der Waals surface area contributed by atoms with Gasteiger partial charge in [0.1, 0.15) is 6.29 Å². The van der Waals surface area contributed by atoms with Crippen LogP contribution >= 0.6 is 0 Å². The largest absolute Gasteiger partial charge is 0.299 e. The minimum absolute atomic E-state index is 0.520. The predicted molar refractivity (Wildman–Crippen MR) is 39.3 cm³/mol. The molecule has 0 saturated heterocycles. The quantitative estimate of drug-likeness (QED) is 0.363. The van der Waals surface area contributed by atoms with Gasteiger partial charge in [-0.3, -0.25) is 4.79 Å². The zero-order chi connectivity index (χ0) is 8.10. The van der Waals surface area contributed by atoms with E-state index in [-0.39, 0.29) is 0 Å². The van der Waals surface area contributed by atoms with E-state index in [9.17, 15) is 9.18 Å². The second-order valence-electron chi connectivity index (χ2n) is 1.91. The molecule has 56 valence electrons. The predicted octanol–water partition coefficient (Wildman–Crippen LogP) is 1.43. The van der Waals surface area contributed by atoms with Crippen molar-refractivity contribution in [3.05, 3.63) is 35.9 Å². The summed E-state index contributed by atoms with van der Waals surface area (Å²) < 4.78 is 12.2. The molecule has 0 bridgehead atoms. The first-order valence-electron chi connectivity index (χ1n) is 3.06. The Kier molecular flexibility index (Phi) is 2.49. The van der Waals surface area contributed by atoms with Gasteiger partial charge in [-0.1, -0.05) is 6.08 Å². The monoisotopic (exact) mass is 151 g/mol. The number of carbonyl (C=O) groups excluding carboxylic acids is 1. The molecule has 0 aliphatic heterocycles. The second-order valence-corrected chi connectivity index (χ2v) is 1.91. The van der Waals surface area contributed by atoms with Crippen LogP contribution in [-0.4, -0.2) is 11.3 Å². The van der Waals surface area contributed by atoms with Gasteiger partial charge in [-0.15, -0.1) is 0 Å². The zero-order valence-electron chi connectivity index (χ0n) is 5.70. The first-order valence-corrected chi connectivity index (χ1v) is 3.06. The van der Waals surface area contributed by atoms with E-state index in [0.29, 0.717) is 11.8 Å². The number of nitrogens with zero attached hydrogens (tertiary/aromatic N) is 1. The van der Waals surface area contributed by atoms with Crippen molar-refractivity contribution in [2.45, 2.75) is 0 Å².